The summed E-state index contributed by atoms with van der Waals surface area (Å²) in [5.41, 5.74) is 3.74. The van der Waals surface area contributed by atoms with Crippen molar-refractivity contribution >= 4 is 17.8 Å². The number of hydrogen-bond acceptors (Lipinski definition) is 6. The Morgan fingerprint density at radius 1 is 1.14 bits per heavy atom. The number of nitrogens with one attached hydrogen (secondary N) is 1. The normalized spacial score (nSPS) is 16.4. The minimum absolute atomic E-state index is 0.141. The van der Waals surface area contributed by atoms with E-state index in [2.05, 4.69) is 30.2 Å². The van der Waals surface area contributed by atoms with Gasteiger partial charge in [-0.15, -0.1) is 0 Å². The second-order valence-corrected chi connectivity index (χ2v) is 7.41. The van der Waals surface area contributed by atoms with Crippen molar-refractivity contribution in [2.75, 3.05) is 16.8 Å². The molecule has 0 radical (unpaired) electrons. The lowest BCUT2D eigenvalue weighted by atomic mass is 9.97. The number of nitrogens with zero attached hydrogens (tertiary/aromatic N) is 3. The molecular weight excluding hydrogens is 364 g/mol. The van der Waals surface area contributed by atoms with Crippen molar-refractivity contribution in [1.82, 2.24) is 9.97 Å². The molecule has 2 unspecified atom stereocenters. The van der Waals surface area contributed by atoms with Gasteiger partial charge in [0, 0.05) is 5.56 Å². The average molecular weight is 388 g/mol. The van der Waals surface area contributed by atoms with Gasteiger partial charge in [0.1, 0.15) is 0 Å². The summed E-state index contributed by atoms with van der Waals surface area (Å²) in [6.45, 7) is 4.14. The van der Waals surface area contributed by atoms with Gasteiger partial charge in [-0.3, -0.25) is 4.79 Å². The molecule has 0 amide bonds. The number of carbonyl (C=O) groups is 1. The van der Waals surface area contributed by atoms with Crippen LogP contribution in [0.15, 0.2) is 60.8 Å². The van der Waals surface area contributed by atoms with E-state index in [9.17, 15) is 9.90 Å². The second-order valence-electron chi connectivity index (χ2n) is 7.41. The molecular formula is C23H24N4O2. The van der Waals surface area contributed by atoms with Crippen LogP contribution in [0, 0.1) is 0 Å². The highest BCUT2D eigenvalue weighted by Gasteiger charge is 2.36. The van der Waals surface area contributed by atoms with Crippen molar-refractivity contribution < 1.29 is 9.90 Å². The van der Waals surface area contributed by atoms with E-state index in [1.807, 2.05) is 53.4 Å². The van der Waals surface area contributed by atoms with Crippen LogP contribution in [0.5, 0.6) is 0 Å². The summed E-state index contributed by atoms with van der Waals surface area (Å²) < 4.78 is 0. The standard InChI is InChI=1S/C23H24N4O2/c1-15(2)17-10-6-7-11-18(17)22-24-12-19-23(26-22)27(21(14-29)25-19)20(13-28)16-8-4-3-5-9-16/h3-12,14-15,20-21,25,28H,13H2,1-2H3. The summed E-state index contributed by atoms with van der Waals surface area (Å²) in [6.07, 6.45) is 1.92. The highest BCUT2D eigenvalue weighted by Crippen LogP contribution is 2.39. The number of rotatable bonds is 6. The number of aromatic nitrogens is 2. The highest BCUT2D eigenvalue weighted by atomic mass is 16.3. The van der Waals surface area contributed by atoms with E-state index in [0.717, 1.165) is 17.4 Å². The summed E-state index contributed by atoms with van der Waals surface area (Å²) in [5, 5.41) is 13.3. The smallest absolute Gasteiger partial charge is 0.162 e. The molecule has 0 bridgehead atoms. The molecule has 29 heavy (non-hydrogen) atoms. The maximum absolute atomic E-state index is 11.8. The first-order valence-electron chi connectivity index (χ1n) is 9.76. The lowest BCUT2D eigenvalue weighted by Gasteiger charge is -2.31. The average Bonchev–Trinajstić information content (AvgIpc) is 3.13. The zero-order valence-electron chi connectivity index (χ0n) is 16.5. The first-order chi connectivity index (χ1) is 14.1. The minimum atomic E-state index is -0.618. The zero-order chi connectivity index (χ0) is 20.4. The van der Waals surface area contributed by atoms with Crippen LogP contribution in [-0.2, 0) is 4.79 Å². The summed E-state index contributed by atoms with van der Waals surface area (Å²) in [7, 11) is 0. The molecule has 2 atom stereocenters. The molecule has 0 saturated heterocycles. The lowest BCUT2D eigenvalue weighted by molar-refractivity contribution is -0.108. The van der Waals surface area contributed by atoms with Gasteiger partial charge < -0.3 is 15.3 Å². The molecule has 0 aliphatic carbocycles. The van der Waals surface area contributed by atoms with Crippen LogP contribution >= 0.6 is 0 Å². The molecule has 2 N–H and O–H groups in total. The van der Waals surface area contributed by atoms with Gasteiger partial charge in [-0.05, 0) is 17.0 Å². The quantitative estimate of drug-likeness (QED) is 0.626. The third-order valence-electron chi connectivity index (χ3n) is 5.26. The van der Waals surface area contributed by atoms with Crippen molar-refractivity contribution in [2.45, 2.75) is 32.0 Å². The van der Waals surface area contributed by atoms with Crippen molar-refractivity contribution in [3.05, 3.63) is 71.9 Å². The number of anilines is 2. The Balaban J connectivity index is 1.82. The van der Waals surface area contributed by atoms with E-state index >= 15 is 0 Å². The lowest BCUT2D eigenvalue weighted by Crippen LogP contribution is -2.41. The molecule has 1 aromatic heterocycles. The van der Waals surface area contributed by atoms with Crippen molar-refractivity contribution in [2.24, 2.45) is 0 Å². The van der Waals surface area contributed by atoms with Crippen LogP contribution in [0.1, 0.15) is 36.9 Å². The second kappa shape index (κ2) is 8.01. The van der Waals surface area contributed by atoms with Gasteiger partial charge in [0.2, 0.25) is 0 Å². The van der Waals surface area contributed by atoms with Crippen LogP contribution < -0.4 is 10.2 Å². The van der Waals surface area contributed by atoms with Gasteiger partial charge in [0.05, 0.1) is 24.5 Å². The molecule has 2 heterocycles. The molecule has 1 aliphatic heterocycles. The number of aliphatic hydroxyl groups is 1. The van der Waals surface area contributed by atoms with Crippen molar-refractivity contribution in [3.63, 3.8) is 0 Å². The topological polar surface area (TPSA) is 78.3 Å². The van der Waals surface area contributed by atoms with E-state index in [-0.39, 0.29) is 6.61 Å². The Kier molecular flexibility index (Phi) is 5.27. The van der Waals surface area contributed by atoms with Crippen LogP contribution in [0.3, 0.4) is 0 Å². The number of fused-ring (bicyclic) bond motifs is 1. The maximum atomic E-state index is 11.8. The van der Waals surface area contributed by atoms with E-state index in [4.69, 9.17) is 4.98 Å². The molecule has 3 aromatic rings. The Labute approximate surface area is 170 Å². The summed E-state index contributed by atoms with van der Waals surface area (Å²) in [4.78, 5) is 23.0. The number of aldehydes is 1. The van der Waals surface area contributed by atoms with Gasteiger partial charge in [-0.2, -0.15) is 0 Å². The molecule has 2 aromatic carbocycles. The Bertz CT molecular complexity index is 1010. The van der Waals surface area contributed by atoms with Gasteiger partial charge in [0.25, 0.3) is 0 Å². The molecule has 1 aliphatic rings. The van der Waals surface area contributed by atoms with Crippen LogP contribution in [0.4, 0.5) is 11.5 Å². The molecule has 0 fully saturated rings. The first-order valence-corrected chi connectivity index (χ1v) is 9.76. The first kappa shape index (κ1) is 19.1. The van der Waals surface area contributed by atoms with E-state index in [1.165, 1.54) is 5.56 Å². The summed E-state index contributed by atoms with van der Waals surface area (Å²) in [6, 6.07) is 17.3. The van der Waals surface area contributed by atoms with Crippen molar-refractivity contribution in [3.8, 4) is 11.4 Å². The van der Waals surface area contributed by atoms with E-state index in [1.54, 1.807) is 6.20 Å². The largest absolute Gasteiger partial charge is 0.394 e. The number of carbonyl (C=O) groups excluding carboxylic acids is 1. The fraction of sp³-hybridized carbons (Fsp3) is 0.261. The monoisotopic (exact) mass is 388 g/mol. The SMILES string of the molecule is CC(C)c1ccccc1-c1ncc2c(n1)N(C(CO)c1ccccc1)C(C=O)N2. The Morgan fingerprint density at radius 2 is 1.86 bits per heavy atom. The molecule has 148 valence electrons. The zero-order valence-corrected chi connectivity index (χ0v) is 16.5. The van der Waals surface area contributed by atoms with Gasteiger partial charge in [0.15, 0.2) is 24.1 Å². The summed E-state index contributed by atoms with van der Waals surface area (Å²) >= 11 is 0. The van der Waals surface area contributed by atoms with E-state index in [0.29, 0.717) is 23.2 Å². The third-order valence-corrected chi connectivity index (χ3v) is 5.26. The predicted molar refractivity (Wildman–Crippen MR) is 114 cm³/mol. The predicted octanol–water partition coefficient (Wildman–Crippen LogP) is 3.76. The van der Waals surface area contributed by atoms with Crippen LogP contribution in [0.2, 0.25) is 0 Å². The molecule has 6 nitrogen and oxygen atoms in total. The number of aliphatic hydroxyl groups excluding tert-OH is 1. The van der Waals surface area contributed by atoms with Crippen LogP contribution in [-0.4, -0.2) is 34.1 Å². The fourth-order valence-electron chi connectivity index (χ4n) is 3.84. The Morgan fingerprint density at radius 3 is 2.55 bits per heavy atom. The van der Waals surface area contributed by atoms with Crippen LogP contribution in [0.25, 0.3) is 11.4 Å². The third kappa shape index (κ3) is 3.47. The maximum Gasteiger partial charge on any atom is 0.162 e. The van der Waals surface area contributed by atoms with Gasteiger partial charge >= 0.3 is 0 Å². The van der Waals surface area contributed by atoms with E-state index < -0.39 is 12.2 Å². The number of benzene rings is 2. The molecule has 6 heteroatoms. The molecule has 4 rings (SSSR count). The molecule has 0 spiro atoms. The van der Waals surface area contributed by atoms with Gasteiger partial charge in [-0.1, -0.05) is 68.4 Å². The fourth-order valence-corrected chi connectivity index (χ4v) is 3.84. The minimum Gasteiger partial charge on any atom is -0.394 e. The molecule has 0 saturated carbocycles. The Hall–Kier alpha value is -3.25. The number of hydrogen-bond donors (Lipinski definition) is 2. The van der Waals surface area contributed by atoms with Gasteiger partial charge in [-0.25, -0.2) is 9.97 Å². The summed E-state index contributed by atoms with van der Waals surface area (Å²) in [5.74, 6) is 1.55. The van der Waals surface area contributed by atoms with Crippen molar-refractivity contribution in [1.29, 1.82) is 0 Å². The highest BCUT2D eigenvalue weighted by molar-refractivity contribution is 5.83.